The van der Waals surface area contributed by atoms with Crippen molar-refractivity contribution in [1.29, 1.82) is 0 Å². The van der Waals surface area contributed by atoms with Crippen LogP contribution in [0.3, 0.4) is 0 Å². The molecule has 1 aromatic heterocycles. The van der Waals surface area contributed by atoms with Crippen LogP contribution in [0.2, 0.25) is 0 Å². The number of carbonyl (C=O) groups is 1. The molecule has 1 fully saturated rings. The van der Waals surface area contributed by atoms with Crippen molar-refractivity contribution in [3.05, 3.63) is 73.1 Å². The lowest BCUT2D eigenvalue weighted by Gasteiger charge is -2.30. The SMILES string of the molecule is CN(c1ccc(Oc2ccccc2)cc1)c1cnccc1N(C=O)CC1CCCN1C. The number of nitrogens with zero attached hydrogens (tertiary/aromatic N) is 4. The number of pyridine rings is 1. The zero-order chi connectivity index (χ0) is 21.6. The zero-order valence-corrected chi connectivity index (χ0v) is 18.0. The lowest BCUT2D eigenvalue weighted by Crippen LogP contribution is -2.38. The van der Waals surface area contributed by atoms with Crippen LogP contribution in [0.25, 0.3) is 0 Å². The van der Waals surface area contributed by atoms with Crippen molar-refractivity contribution in [2.45, 2.75) is 18.9 Å². The average molecular weight is 417 g/mol. The fourth-order valence-electron chi connectivity index (χ4n) is 4.02. The molecule has 0 radical (unpaired) electrons. The van der Waals surface area contributed by atoms with E-state index in [2.05, 4.69) is 16.9 Å². The van der Waals surface area contributed by atoms with Gasteiger partial charge in [0.25, 0.3) is 0 Å². The molecule has 0 N–H and O–H groups in total. The molecule has 6 heteroatoms. The lowest BCUT2D eigenvalue weighted by molar-refractivity contribution is -0.107. The first kappa shape index (κ1) is 20.9. The summed E-state index contributed by atoms with van der Waals surface area (Å²) in [6.45, 7) is 1.76. The number of likely N-dealkylation sites (tertiary alicyclic amines) is 1. The van der Waals surface area contributed by atoms with Gasteiger partial charge in [0, 0.05) is 31.5 Å². The summed E-state index contributed by atoms with van der Waals surface area (Å²) in [5.41, 5.74) is 2.72. The van der Waals surface area contributed by atoms with Crippen molar-refractivity contribution in [1.82, 2.24) is 9.88 Å². The number of amides is 1. The van der Waals surface area contributed by atoms with Gasteiger partial charge in [-0.2, -0.15) is 0 Å². The Labute approximate surface area is 183 Å². The summed E-state index contributed by atoms with van der Waals surface area (Å²) >= 11 is 0. The second kappa shape index (κ2) is 9.62. The van der Waals surface area contributed by atoms with Gasteiger partial charge >= 0.3 is 0 Å². The maximum Gasteiger partial charge on any atom is 0.214 e. The van der Waals surface area contributed by atoms with Gasteiger partial charge < -0.3 is 19.4 Å². The summed E-state index contributed by atoms with van der Waals surface area (Å²) in [6.07, 6.45) is 6.75. The third-order valence-electron chi connectivity index (χ3n) is 5.86. The average Bonchev–Trinajstić information content (AvgIpc) is 3.22. The molecule has 0 spiro atoms. The van der Waals surface area contributed by atoms with Crippen LogP contribution in [-0.4, -0.2) is 49.5 Å². The molecular formula is C25H28N4O2. The van der Waals surface area contributed by atoms with E-state index in [0.29, 0.717) is 12.6 Å². The minimum absolute atomic E-state index is 0.381. The molecule has 6 nitrogen and oxygen atoms in total. The van der Waals surface area contributed by atoms with Crippen molar-refractivity contribution in [3.63, 3.8) is 0 Å². The van der Waals surface area contributed by atoms with Crippen LogP contribution in [0.5, 0.6) is 11.5 Å². The quantitative estimate of drug-likeness (QED) is 0.498. The third kappa shape index (κ3) is 4.86. The molecule has 1 aliphatic heterocycles. The number of carbonyl (C=O) groups excluding carboxylic acids is 1. The van der Waals surface area contributed by atoms with Gasteiger partial charge in [-0.3, -0.25) is 9.78 Å². The summed E-state index contributed by atoms with van der Waals surface area (Å²) in [4.78, 5) is 22.5. The normalized spacial score (nSPS) is 16.1. The molecule has 2 heterocycles. The van der Waals surface area contributed by atoms with Crippen LogP contribution in [0.1, 0.15) is 12.8 Å². The summed E-state index contributed by atoms with van der Waals surface area (Å²) in [7, 11) is 4.11. The van der Waals surface area contributed by atoms with Crippen LogP contribution in [0.4, 0.5) is 17.1 Å². The molecule has 31 heavy (non-hydrogen) atoms. The zero-order valence-electron chi connectivity index (χ0n) is 18.0. The second-order valence-electron chi connectivity index (χ2n) is 7.87. The first-order valence-electron chi connectivity index (χ1n) is 10.6. The van der Waals surface area contributed by atoms with E-state index in [1.807, 2.05) is 72.6 Å². The van der Waals surface area contributed by atoms with Gasteiger partial charge in [-0.15, -0.1) is 0 Å². The van der Waals surface area contributed by atoms with E-state index < -0.39 is 0 Å². The molecule has 0 saturated carbocycles. The van der Waals surface area contributed by atoms with E-state index in [1.54, 1.807) is 17.3 Å². The number of aromatic nitrogens is 1. The van der Waals surface area contributed by atoms with Gasteiger partial charge in [-0.1, -0.05) is 18.2 Å². The number of rotatable bonds is 8. The highest BCUT2D eigenvalue weighted by atomic mass is 16.5. The highest BCUT2D eigenvalue weighted by Crippen LogP contribution is 2.34. The summed E-state index contributed by atoms with van der Waals surface area (Å²) in [5, 5.41) is 0. The number of para-hydroxylation sites is 1. The van der Waals surface area contributed by atoms with Gasteiger partial charge in [0.1, 0.15) is 11.5 Å². The Morgan fingerprint density at radius 2 is 1.81 bits per heavy atom. The van der Waals surface area contributed by atoms with E-state index in [-0.39, 0.29) is 0 Å². The van der Waals surface area contributed by atoms with Crippen molar-refractivity contribution in [2.24, 2.45) is 0 Å². The molecule has 1 amide bonds. The van der Waals surface area contributed by atoms with Gasteiger partial charge in [-0.25, -0.2) is 0 Å². The first-order valence-corrected chi connectivity index (χ1v) is 10.6. The standard InChI is InChI=1S/C25H28N4O2/c1-27-16-6-7-21(27)18-29(19-30)24-14-15-26-17-25(24)28(2)20-10-12-23(13-11-20)31-22-8-4-3-5-9-22/h3-5,8-15,17,19,21H,6-7,16,18H2,1-2H3. The monoisotopic (exact) mass is 416 g/mol. The largest absolute Gasteiger partial charge is 0.457 e. The fourth-order valence-corrected chi connectivity index (χ4v) is 4.02. The summed E-state index contributed by atoms with van der Waals surface area (Å²) < 4.78 is 5.89. The van der Waals surface area contributed by atoms with Crippen LogP contribution >= 0.6 is 0 Å². The molecule has 1 atom stereocenters. The van der Waals surface area contributed by atoms with Crippen LogP contribution < -0.4 is 14.5 Å². The first-order chi connectivity index (χ1) is 15.2. The molecule has 3 aromatic rings. The number of anilines is 3. The van der Waals surface area contributed by atoms with E-state index >= 15 is 0 Å². The Balaban J connectivity index is 1.53. The van der Waals surface area contributed by atoms with E-state index in [0.717, 1.165) is 47.9 Å². The van der Waals surface area contributed by atoms with Gasteiger partial charge in [0.05, 0.1) is 17.6 Å². The summed E-state index contributed by atoms with van der Waals surface area (Å²) in [6, 6.07) is 19.9. The topological polar surface area (TPSA) is 48.9 Å². The van der Waals surface area contributed by atoms with Gasteiger partial charge in [-0.05, 0) is 68.9 Å². The number of hydrogen-bond donors (Lipinski definition) is 0. The lowest BCUT2D eigenvalue weighted by atomic mass is 10.2. The molecule has 2 aromatic carbocycles. The number of likely N-dealkylation sites (N-methyl/N-ethyl adjacent to an activating group) is 1. The molecule has 1 aliphatic rings. The minimum atomic E-state index is 0.381. The predicted molar refractivity (Wildman–Crippen MR) is 124 cm³/mol. The van der Waals surface area contributed by atoms with Crippen molar-refractivity contribution < 1.29 is 9.53 Å². The Morgan fingerprint density at radius 1 is 1.06 bits per heavy atom. The molecule has 1 unspecified atom stereocenters. The second-order valence-corrected chi connectivity index (χ2v) is 7.87. The Bertz CT molecular complexity index is 994. The molecule has 1 saturated heterocycles. The highest BCUT2D eigenvalue weighted by molar-refractivity contribution is 5.85. The van der Waals surface area contributed by atoms with E-state index in [9.17, 15) is 4.79 Å². The predicted octanol–water partition coefficient (Wildman–Crippen LogP) is 4.70. The maximum absolute atomic E-state index is 12.0. The fraction of sp³-hybridized carbons (Fsp3) is 0.280. The number of ether oxygens (including phenoxy) is 1. The number of benzene rings is 2. The van der Waals surface area contributed by atoms with Crippen LogP contribution in [0.15, 0.2) is 73.1 Å². The van der Waals surface area contributed by atoms with E-state index in [4.69, 9.17) is 4.74 Å². The van der Waals surface area contributed by atoms with Gasteiger partial charge in [0.2, 0.25) is 6.41 Å². The van der Waals surface area contributed by atoms with E-state index in [1.165, 1.54) is 6.42 Å². The molecule has 4 rings (SSSR count). The summed E-state index contributed by atoms with van der Waals surface area (Å²) in [5.74, 6) is 1.57. The van der Waals surface area contributed by atoms with Crippen LogP contribution in [-0.2, 0) is 4.79 Å². The van der Waals surface area contributed by atoms with Crippen molar-refractivity contribution in [2.75, 3.05) is 37.0 Å². The number of hydrogen-bond acceptors (Lipinski definition) is 5. The Kier molecular flexibility index (Phi) is 6.48. The minimum Gasteiger partial charge on any atom is -0.457 e. The Hall–Kier alpha value is -3.38. The van der Waals surface area contributed by atoms with Crippen molar-refractivity contribution in [3.8, 4) is 11.5 Å². The molecule has 0 bridgehead atoms. The molecule has 160 valence electrons. The third-order valence-corrected chi connectivity index (χ3v) is 5.86. The van der Waals surface area contributed by atoms with Gasteiger partial charge in [0.15, 0.2) is 0 Å². The highest BCUT2D eigenvalue weighted by Gasteiger charge is 2.25. The Morgan fingerprint density at radius 3 is 2.48 bits per heavy atom. The maximum atomic E-state index is 12.0. The molecule has 0 aliphatic carbocycles. The van der Waals surface area contributed by atoms with Crippen molar-refractivity contribution >= 4 is 23.5 Å². The van der Waals surface area contributed by atoms with Crippen LogP contribution in [0, 0.1) is 0 Å². The molecular weight excluding hydrogens is 388 g/mol. The smallest absolute Gasteiger partial charge is 0.214 e.